The molecule has 0 unspecified atom stereocenters. The van der Waals surface area contributed by atoms with Gasteiger partial charge in [-0.15, -0.1) is 6.58 Å². The van der Waals surface area contributed by atoms with Crippen LogP contribution in [0.25, 0.3) is 0 Å². The van der Waals surface area contributed by atoms with Crippen molar-refractivity contribution in [1.82, 2.24) is 10.2 Å². The number of ether oxygens (including phenoxy) is 1. The zero-order chi connectivity index (χ0) is 28.2. The molecule has 3 saturated carbocycles. The first-order valence-electron chi connectivity index (χ1n) is 16.2. The maximum Gasteiger partial charge on any atom is 0.407 e. The van der Waals surface area contributed by atoms with E-state index in [-0.39, 0.29) is 24.2 Å². The molecule has 222 valence electrons. The summed E-state index contributed by atoms with van der Waals surface area (Å²) >= 11 is 0. The van der Waals surface area contributed by atoms with Crippen LogP contribution in [-0.2, 0) is 4.74 Å². The standard InChI is InChI=1S/C34H58N2O3/c1-7-25(10-8-9-24(2)3)29-13-14-30-28-12-11-26-23-27(39-32(38)35-19-20-36(6)21-22-37)15-17-33(26,4)31(28)16-18-34(29,30)5/h7,11,24-25,27-31,37H,1,8-10,12-23H2,2-6H3,(H,35,38)/t25-,27+,28+,29-,30+,31+,33+,34-/m1/s1. The van der Waals surface area contributed by atoms with Gasteiger partial charge in [-0.2, -0.15) is 0 Å². The molecule has 0 heterocycles. The lowest BCUT2D eigenvalue weighted by Gasteiger charge is -2.58. The lowest BCUT2D eigenvalue weighted by atomic mass is 9.47. The fraction of sp³-hybridized carbons (Fsp3) is 0.853. The number of alkyl carbamates (subject to hydrolysis) is 1. The van der Waals surface area contributed by atoms with Crippen LogP contribution >= 0.6 is 0 Å². The second-order valence-electron chi connectivity index (χ2n) is 14.4. The number of allylic oxidation sites excluding steroid dienone is 2. The van der Waals surface area contributed by atoms with Gasteiger partial charge in [-0.25, -0.2) is 4.79 Å². The number of rotatable bonds is 12. The van der Waals surface area contributed by atoms with Crippen molar-refractivity contribution < 1.29 is 14.6 Å². The van der Waals surface area contributed by atoms with Crippen LogP contribution in [0.15, 0.2) is 24.3 Å². The highest BCUT2D eigenvalue weighted by atomic mass is 16.6. The number of fused-ring (bicyclic) bond motifs is 5. The van der Waals surface area contributed by atoms with E-state index in [0.29, 0.717) is 31.0 Å². The van der Waals surface area contributed by atoms with E-state index < -0.39 is 0 Å². The molecule has 4 aliphatic rings. The summed E-state index contributed by atoms with van der Waals surface area (Å²) in [6.45, 7) is 16.2. The molecule has 0 radical (unpaired) electrons. The molecular weight excluding hydrogens is 484 g/mol. The number of likely N-dealkylation sites (N-methyl/N-ethyl adjacent to an activating group) is 1. The quantitative estimate of drug-likeness (QED) is 0.256. The van der Waals surface area contributed by atoms with E-state index in [1.807, 2.05) is 11.9 Å². The van der Waals surface area contributed by atoms with Crippen LogP contribution in [-0.4, -0.2) is 55.5 Å². The van der Waals surface area contributed by atoms with Gasteiger partial charge in [-0.1, -0.05) is 58.3 Å². The molecule has 2 N–H and O–H groups in total. The topological polar surface area (TPSA) is 61.8 Å². The van der Waals surface area contributed by atoms with Crippen molar-refractivity contribution in [1.29, 1.82) is 0 Å². The minimum absolute atomic E-state index is 0.0139. The Morgan fingerprint density at radius 2 is 1.97 bits per heavy atom. The summed E-state index contributed by atoms with van der Waals surface area (Å²) in [4.78, 5) is 14.5. The molecule has 5 nitrogen and oxygen atoms in total. The fourth-order valence-electron chi connectivity index (χ4n) is 9.54. The number of nitrogens with one attached hydrogen (secondary N) is 1. The molecule has 3 fully saturated rings. The summed E-state index contributed by atoms with van der Waals surface area (Å²) < 4.78 is 5.88. The van der Waals surface area contributed by atoms with Gasteiger partial charge in [0.25, 0.3) is 0 Å². The van der Waals surface area contributed by atoms with Gasteiger partial charge in [0, 0.05) is 26.1 Å². The van der Waals surface area contributed by atoms with Crippen molar-refractivity contribution in [3.63, 3.8) is 0 Å². The summed E-state index contributed by atoms with van der Waals surface area (Å²) in [5.41, 5.74) is 2.29. The van der Waals surface area contributed by atoms with Gasteiger partial charge in [0.2, 0.25) is 0 Å². The van der Waals surface area contributed by atoms with Gasteiger partial charge in [0.1, 0.15) is 6.10 Å². The molecule has 0 aromatic rings. The summed E-state index contributed by atoms with van der Waals surface area (Å²) in [7, 11) is 1.94. The van der Waals surface area contributed by atoms with Crippen LogP contribution in [0, 0.1) is 46.3 Å². The summed E-state index contributed by atoms with van der Waals surface area (Å²) in [6.07, 6.45) is 18.3. The minimum Gasteiger partial charge on any atom is -0.446 e. The van der Waals surface area contributed by atoms with Crippen LogP contribution in [0.2, 0.25) is 0 Å². The first-order chi connectivity index (χ1) is 18.6. The predicted molar refractivity (Wildman–Crippen MR) is 160 cm³/mol. The predicted octanol–water partition coefficient (Wildman–Crippen LogP) is 7.21. The number of hydrogen-bond donors (Lipinski definition) is 2. The molecule has 0 aromatic carbocycles. The summed E-state index contributed by atoms with van der Waals surface area (Å²) in [5, 5.41) is 11.9. The van der Waals surface area contributed by atoms with Gasteiger partial charge in [0.15, 0.2) is 0 Å². The molecule has 0 bridgehead atoms. The highest BCUT2D eigenvalue weighted by Crippen LogP contribution is 2.67. The van der Waals surface area contributed by atoms with Gasteiger partial charge in [-0.3, -0.25) is 0 Å². The number of aliphatic hydroxyl groups is 1. The molecule has 1 amide bonds. The summed E-state index contributed by atoms with van der Waals surface area (Å²) in [5.74, 6) is 4.69. The van der Waals surface area contributed by atoms with E-state index >= 15 is 0 Å². The highest BCUT2D eigenvalue weighted by Gasteiger charge is 2.59. The number of hydrogen-bond acceptors (Lipinski definition) is 4. The van der Waals surface area contributed by atoms with Crippen molar-refractivity contribution in [3.8, 4) is 0 Å². The average molecular weight is 543 g/mol. The van der Waals surface area contributed by atoms with Crippen molar-refractivity contribution in [3.05, 3.63) is 24.3 Å². The lowest BCUT2D eigenvalue weighted by molar-refractivity contribution is -0.0563. The van der Waals surface area contributed by atoms with E-state index in [1.54, 1.807) is 5.57 Å². The number of aliphatic hydroxyl groups excluding tert-OH is 1. The number of nitrogens with zero attached hydrogens (tertiary/aromatic N) is 1. The van der Waals surface area contributed by atoms with Crippen LogP contribution in [0.3, 0.4) is 0 Å². The first kappa shape index (κ1) is 30.6. The molecule has 0 aliphatic heterocycles. The lowest BCUT2D eigenvalue weighted by Crippen LogP contribution is -2.51. The Hall–Kier alpha value is -1.33. The van der Waals surface area contributed by atoms with E-state index in [4.69, 9.17) is 9.84 Å². The third-order valence-corrected chi connectivity index (χ3v) is 11.8. The van der Waals surface area contributed by atoms with E-state index in [1.165, 1.54) is 51.4 Å². The minimum atomic E-state index is -0.300. The third-order valence-electron chi connectivity index (χ3n) is 11.8. The number of amides is 1. The van der Waals surface area contributed by atoms with Gasteiger partial charge in [0.05, 0.1) is 6.61 Å². The Balaban J connectivity index is 1.35. The summed E-state index contributed by atoms with van der Waals surface area (Å²) in [6, 6.07) is 0. The molecule has 39 heavy (non-hydrogen) atoms. The van der Waals surface area contributed by atoms with Crippen molar-refractivity contribution in [2.45, 2.75) is 104 Å². The van der Waals surface area contributed by atoms with Crippen LogP contribution in [0.5, 0.6) is 0 Å². The molecule has 0 spiro atoms. The van der Waals surface area contributed by atoms with Crippen molar-refractivity contribution in [2.24, 2.45) is 46.3 Å². The van der Waals surface area contributed by atoms with Crippen LogP contribution in [0.4, 0.5) is 4.79 Å². The number of carbonyl (C=O) groups is 1. The van der Waals surface area contributed by atoms with Gasteiger partial charge >= 0.3 is 6.09 Å². The maximum atomic E-state index is 12.5. The Labute approximate surface area is 239 Å². The van der Waals surface area contributed by atoms with Crippen LogP contribution in [0.1, 0.15) is 98.3 Å². The van der Waals surface area contributed by atoms with Gasteiger partial charge < -0.3 is 20.1 Å². The average Bonchev–Trinajstić information content (AvgIpc) is 3.24. The SMILES string of the molecule is C=C[C@H](CCCC(C)C)[C@H]1CC[C@H]2[C@@H]3CC=C4C[C@@H](OC(=O)NCCN(C)CCO)CC[C@]4(C)[C@H]3CC[C@]12C. The third kappa shape index (κ3) is 6.61. The fourth-order valence-corrected chi connectivity index (χ4v) is 9.54. The molecule has 5 heteroatoms. The van der Waals surface area contributed by atoms with E-state index in [9.17, 15) is 4.79 Å². The van der Waals surface area contributed by atoms with Crippen molar-refractivity contribution in [2.75, 3.05) is 33.3 Å². The molecule has 0 aromatic heterocycles. The normalized spacial score (nSPS) is 36.5. The number of carbonyl (C=O) groups excluding carboxylic acids is 1. The monoisotopic (exact) mass is 542 g/mol. The molecule has 4 rings (SSSR count). The van der Waals surface area contributed by atoms with Crippen molar-refractivity contribution >= 4 is 6.09 Å². The smallest absolute Gasteiger partial charge is 0.407 e. The Kier molecular flexibility index (Phi) is 10.3. The Morgan fingerprint density at radius 1 is 1.18 bits per heavy atom. The molecule has 0 saturated heterocycles. The maximum absolute atomic E-state index is 12.5. The molecule has 8 atom stereocenters. The Bertz CT molecular complexity index is 871. The van der Waals surface area contributed by atoms with Crippen LogP contribution < -0.4 is 5.32 Å². The largest absolute Gasteiger partial charge is 0.446 e. The zero-order valence-electron chi connectivity index (χ0n) is 25.7. The van der Waals surface area contributed by atoms with E-state index in [2.05, 4.69) is 51.7 Å². The second kappa shape index (κ2) is 13.1. The first-order valence-corrected chi connectivity index (χ1v) is 16.2. The second-order valence-corrected chi connectivity index (χ2v) is 14.4. The van der Waals surface area contributed by atoms with Gasteiger partial charge in [-0.05, 0) is 105 Å². The Morgan fingerprint density at radius 3 is 2.69 bits per heavy atom. The highest BCUT2D eigenvalue weighted by molar-refractivity contribution is 5.67. The zero-order valence-corrected chi connectivity index (χ0v) is 25.7. The molecule has 4 aliphatic carbocycles. The molecular formula is C34H58N2O3. The van der Waals surface area contributed by atoms with E-state index in [0.717, 1.165) is 48.9 Å².